The first-order valence-electron chi connectivity index (χ1n) is 6.95. The number of methoxy groups -OCH3 is 1. The van der Waals surface area contributed by atoms with Crippen molar-refractivity contribution in [2.24, 2.45) is 0 Å². The van der Waals surface area contributed by atoms with E-state index < -0.39 is 0 Å². The highest BCUT2D eigenvalue weighted by Gasteiger charge is 2.15. The number of ether oxygens (including phenoxy) is 1. The molecule has 6 nitrogen and oxygen atoms in total. The summed E-state index contributed by atoms with van der Waals surface area (Å²) in [7, 11) is 1.66. The molecule has 0 aliphatic heterocycles. The predicted octanol–water partition coefficient (Wildman–Crippen LogP) is 2.78. The Kier molecular flexibility index (Phi) is 2.59. The highest BCUT2D eigenvalue weighted by molar-refractivity contribution is 5.95. The maximum Gasteiger partial charge on any atom is 0.170 e. The van der Waals surface area contributed by atoms with E-state index in [0.717, 1.165) is 39.4 Å². The van der Waals surface area contributed by atoms with Gasteiger partial charge in [-0.3, -0.25) is 4.40 Å². The van der Waals surface area contributed by atoms with Crippen molar-refractivity contribution in [1.29, 1.82) is 0 Å². The SMILES string of the molecule is COc1ccc2[nH]cc(-c3nnc4ccc(N)c(C)n34)c2c1. The zero-order valence-electron chi connectivity index (χ0n) is 12.3. The molecule has 0 spiro atoms. The number of rotatable bonds is 2. The number of nitrogens with one attached hydrogen (secondary N) is 1. The number of hydrogen-bond donors (Lipinski definition) is 2. The Hall–Kier alpha value is -3.02. The van der Waals surface area contributed by atoms with Crippen molar-refractivity contribution in [1.82, 2.24) is 19.6 Å². The Labute approximate surface area is 126 Å². The first-order chi connectivity index (χ1) is 10.7. The molecule has 0 bridgehead atoms. The number of nitrogen functional groups attached to an aromatic ring is 1. The topological polar surface area (TPSA) is 81.2 Å². The Morgan fingerprint density at radius 2 is 2.05 bits per heavy atom. The summed E-state index contributed by atoms with van der Waals surface area (Å²) in [5.41, 5.74) is 10.4. The second-order valence-corrected chi connectivity index (χ2v) is 5.21. The number of aromatic amines is 1. The van der Waals surface area contributed by atoms with Crippen LogP contribution in [0.15, 0.2) is 36.5 Å². The molecule has 4 aromatic rings. The Morgan fingerprint density at radius 3 is 2.86 bits per heavy atom. The summed E-state index contributed by atoms with van der Waals surface area (Å²) in [5.74, 6) is 1.57. The lowest BCUT2D eigenvalue weighted by Gasteiger charge is -2.06. The molecule has 0 radical (unpaired) electrons. The van der Waals surface area contributed by atoms with E-state index >= 15 is 0 Å². The predicted molar refractivity (Wildman–Crippen MR) is 86.0 cm³/mol. The van der Waals surface area contributed by atoms with Crippen LogP contribution < -0.4 is 10.5 Å². The van der Waals surface area contributed by atoms with Crippen LogP contribution >= 0.6 is 0 Å². The van der Waals surface area contributed by atoms with Gasteiger partial charge in [0.15, 0.2) is 11.5 Å². The fourth-order valence-electron chi connectivity index (χ4n) is 2.74. The summed E-state index contributed by atoms with van der Waals surface area (Å²) >= 11 is 0. The van der Waals surface area contributed by atoms with Crippen molar-refractivity contribution < 1.29 is 4.74 Å². The number of fused-ring (bicyclic) bond motifs is 2. The average molecular weight is 293 g/mol. The van der Waals surface area contributed by atoms with Crippen LogP contribution in [0.2, 0.25) is 0 Å². The van der Waals surface area contributed by atoms with Gasteiger partial charge in [-0.15, -0.1) is 10.2 Å². The van der Waals surface area contributed by atoms with Gasteiger partial charge in [-0.25, -0.2) is 0 Å². The maximum atomic E-state index is 6.02. The van der Waals surface area contributed by atoms with Gasteiger partial charge in [0.25, 0.3) is 0 Å². The highest BCUT2D eigenvalue weighted by Crippen LogP contribution is 2.31. The minimum Gasteiger partial charge on any atom is -0.497 e. The van der Waals surface area contributed by atoms with Crippen LogP contribution in [0.1, 0.15) is 5.69 Å². The zero-order chi connectivity index (χ0) is 15.3. The van der Waals surface area contributed by atoms with Crippen LogP contribution in [-0.2, 0) is 0 Å². The molecule has 0 aliphatic rings. The zero-order valence-corrected chi connectivity index (χ0v) is 12.3. The number of anilines is 1. The summed E-state index contributed by atoms with van der Waals surface area (Å²) in [4.78, 5) is 3.26. The molecule has 1 aromatic carbocycles. The average Bonchev–Trinajstić information content (AvgIpc) is 3.14. The number of pyridine rings is 1. The normalized spacial score (nSPS) is 11.4. The Morgan fingerprint density at radius 1 is 1.18 bits per heavy atom. The van der Waals surface area contributed by atoms with Crippen LogP contribution in [0.4, 0.5) is 5.69 Å². The van der Waals surface area contributed by atoms with E-state index in [1.807, 2.05) is 47.9 Å². The molecule has 6 heteroatoms. The van der Waals surface area contributed by atoms with E-state index in [9.17, 15) is 0 Å². The van der Waals surface area contributed by atoms with Gasteiger partial charge in [-0.2, -0.15) is 0 Å². The van der Waals surface area contributed by atoms with E-state index in [1.54, 1.807) is 7.11 Å². The lowest BCUT2D eigenvalue weighted by atomic mass is 10.1. The van der Waals surface area contributed by atoms with Gasteiger partial charge in [-0.05, 0) is 37.3 Å². The molecule has 0 aliphatic carbocycles. The molecule has 3 heterocycles. The molecular formula is C16H15N5O. The fourth-order valence-corrected chi connectivity index (χ4v) is 2.74. The monoisotopic (exact) mass is 293 g/mol. The second-order valence-electron chi connectivity index (χ2n) is 5.21. The van der Waals surface area contributed by atoms with E-state index in [-0.39, 0.29) is 0 Å². The van der Waals surface area contributed by atoms with Crippen LogP contribution in [0.5, 0.6) is 5.75 Å². The third-order valence-electron chi connectivity index (χ3n) is 3.98. The van der Waals surface area contributed by atoms with Gasteiger partial charge in [0.2, 0.25) is 0 Å². The number of nitrogens with two attached hydrogens (primary N) is 1. The molecule has 0 unspecified atom stereocenters. The molecular weight excluding hydrogens is 278 g/mol. The van der Waals surface area contributed by atoms with Crippen molar-refractivity contribution in [3.63, 3.8) is 0 Å². The minimum absolute atomic E-state index is 0.714. The molecule has 0 saturated carbocycles. The maximum absolute atomic E-state index is 6.02. The second kappa shape index (κ2) is 4.49. The summed E-state index contributed by atoms with van der Waals surface area (Å²) in [6.07, 6.45) is 1.93. The fraction of sp³-hybridized carbons (Fsp3) is 0.125. The standard InChI is InChI=1S/C16H15N5O/c1-9-13(17)4-6-15-19-20-16(21(9)15)12-8-18-14-5-3-10(22-2)7-11(12)14/h3-8,18H,17H2,1-2H3. The molecule has 3 aromatic heterocycles. The molecule has 0 saturated heterocycles. The Balaban J connectivity index is 2.05. The molecule has 0 fully saturated rings. The summed E-state index contributed by atoms with van der Waals surface area (Å²) in [6, 6.07) is 9.62. The molecule has 0 atom stereocenters. The summed E-state index contributed by atoms with van der Waals surface area (Å²) < 4.78 is 7.29. The highest BCUT2D eigenvalue weighted by atomic mass is 16.5. The lowest BCUT2D eigenvalue weighted by molar-refractivity contribution is 0.415. The number of aryl methyl sites for hydroxylation is 1. The largest absolute Gasteiger partial charge is 0.497 e. The van der Waals surface area contributed by atoms with Crippen molar-refractivity contribution in [2.45, 2.75) is 6.92 Å². The summed E-state index contributed by atoms with van der Waals surface area (Å²) in [6.45, 7) is 1.96. The minimum atomic E-state index is 0.714. The molecule has 110 valence electrons. The van der Waals surface area contributed by atoms with Gasteiger partial charge in [0.1, 0.15) is 5.75 Å². The van der Waals surface area contributed by atoms with Crippen molar-refractivity contribution in [2.75, 3.05) is 12.8 Å². The van der Waals surface area contributed by atoms with Gasteiger partial charge in [0.05, 0.1) is 12.8 Å². The van der Waals surface area contributed by atoms with Gasteiger partial charge < -0.3 is 15.5 Å². The van der Waals surface area contributed by atoms with E-state index in [1.165, 1.54) is 0 Å². The molecule has 4 rings (SSSR count). The van der Waals surface area contributed by atoms with Crippen LogP contribution in [0, 0.1) is 6.92 Å². The van der Waals surface area contributed by atoms with E-state index in [0.29, 0.717) is 5.69 Å². The Bertz CT molecular complexity index is 999. The third-order valence-corrected chi connectivity index (χ3v) is 3.98. The number of benzene rings is 1. The van der Waals surface area contributed by atoms with E-state index in [2.05, 4.69) is 15.2 Å². The molecule has 22 heavy (non-hydrogen) atoms. The lowest BCUT2D eigenvalue weighted by Crippen LogP contribution is -1.99. The van der Waals surface area contributed by atoms with Gasteiger partial charge in [0, 0.05) is 28.4 Å². The van der Waals surface area contributed by atoms with Crippen LogP contribution in [0.3, 0.4) is 0 Å². The van der Waals surface area contributed by atoms with Crippen LogP contribution in [0.25, 0.3) is 27.9 Å². The van der Waals surface area contributed by atoms with Crippen LogP contribution in [-0.4, -0.2) is 26.7 Å². The summed E-state index contributed by atoms with van der Waals surface area (Å²) in [5, 5.41) is 9.62. The number of nitrogens with zero attached hydrogens (tertiary/aromatic N) is 3. The first kappa shape index (κ1) is 12.7. The molecule has 3 N–H and O–H groups in total. The first-order valence-corrected chi connectivity index (χ1v) is 6.95. The van der Waals surface area contributed by atoms with Crippen molar-refractivity contribution >= 4 is 22.2 Å². The van der Waals surface area contributed by atoms with Crippen molar-refractivity contribution in [3.05, 3.63) is 42.2 Å². The van der Waals surface area contributed by atoms with E-state index in [4.69, 9.17) is 10.5 Å². The smallest absolute Gasteiger partial charge is 0.170 e. The quantitative estimate of drug-likeness (QED) is 0.595. The van der Waals surface area contributed by atoms with Crippen molar-refractivity contribution in [3.8, 4) is 17.1 Å². The third kappa shape index (κ3) is 1.67. The molecule has 0 amide bonds. The number of hydrogen-bond acceptors (Lipinski definition) is 4. The van der Waals surface area contributed by atoms with Gasteiger partial charge in [-0.1, -0.05) is 0 Å². The number of aromatic nitrogens is 4. The number of H-pyrrole nitrogens is 1. The van der Waals surface area contributed by atoms with Gasteiger partial charge >= 0.3 is 0 Å².